The van der Waals surface area contributed by atoms with E-state index in [2.05, 4.69) is 15.8 Å². The molecule has 0 aliphatic carbocycles. The van der Waals surface area contributed by atoms with Crippen LogP contribution in [0.15, 0.2) is 102 Å². The van der Waals surface area contributed by atoms with E-state index in [9.17, 15) is 14.4 Å². The van der Waals surface area contributed by atoms with Crippen LogP contribution in [0.1, 0.15) is 15.9 Å². The molecule has 5 rings (SSSR count). The average Bonchev–Trinajstić information content (AvgIpc) is 2.94. The van der Waals surface area contributed by atoms with Crippen molar-refractivity contribution in [3.63, 3.8) is 0 Å². The molecule has 0 bridgehead atoms. The van der Waals surface area contributed by atoms with Crippen molar-refractivity contribution in [1.82, 2.24) is 5.43 Å². The predicted octanol–water partition coefficient (Wildman–Crippen LogP) is 6.61. The Morgan fingerprint density at radius 2 is 1.44 bits per heavy atom. The molecule has 39 heavy (non-hydrogen) atoms. The fraction of sp³-hybridized carbons (Fsp3) is 0. The van der Waals surface area contributed by atoms with Gasteiger partial charge in [0.15, 0.2) is 0 Å². The molecule has 9 heteroatoms. The topological polar surface area (TPSA) is 96.9 Å². The Balaban J connectivity index is 1.36. The van der Waals surface area contributed by atoms with Gasteiger partial charge in [-0.1, -0.05) is 89.9 Å². The van der Waals surface area contributed by atoms with Crippen LogP contribution < -0.4 is 15.5 Å². The molecule has 0 saturated heterocycles. The first-order chi connectivity index (χ1) is 18.9. The Labute approximate surface area is 233 Å². The Kier molecular flexibility index (Phi) is 7.54. The molecule has 0 radical (unpaired) electrons. The number of carbonyl (C=O) groups excluding carboxylic acids is 3. The number of nitrogens with zero attached hydrogens (tertiary/aromatic N) is 1. The monoisotopic (exact) mass is 555 g/mol. The quantitative estimate of drug-likeness (QED) is 0.0838. The Morgan fingerprint density at radius 3 is 2.21 bits per heavy atom. The number of carbonyl (C=O) groups is 3. The van der Waals surface area contributed by atoms with Gasteiger partial charge in [-0.25, -0.2) is 10.2 Å². The van der Waals surface area contributed by atoms with Crippen LogP contribution in [0.5, 0.6) is 5.75 Å². The van der Waals surface area contributed by atoms with Gasteiger partial charge >= 0.3 is 17.8 Å². The molecule has 7 nitrogen and oxygen atoms in total. The molecule has 0 spiro atoms. The maximum Gasteiger partial charge on any atom is 0.345 e. The van der Waals surface area contributed by atoms with E-state index in [4.69, 9.17) is 27.9 Å². The van der Waals surface area contributed by atoms with Crippen LogP contribution in [0.4, 0.5) is 5.69 Å². The number of anilines is 1. The van der Waals surface area contributed by atoms with E-state index >= 15 is 0 Å². The van der Waals surface area contributed by atoms with Crippen LogP contribution in [0, 0.1) is 0 Å². The van der Waals surface area contributed by atoms with E-state index in [0.717, 1.165) is 16.2 Å². The number of rotatable bonds is 5. The first kappa shape index (κ1) is 25.9. The number of halogens is 2. The smallest absolute Gasteiger partial charge is 0.345 e. The molecular formula is C30H19Cl2N3O4. The number of esters is 1. The molecule has 192 valence electrons. The van der Waals surface area contributed by atoms with E-state index in [1.807, 2.05) is 54.6 Å². The van der Waals surface area contributed by atoms with Gasteiger partial charge in [0.25, 0.3) is 0 Å². The van der Waals surface area contributed by atoms with Crippen molar-refractivity contribution in [3.05, 3.63) is 118 Å². The number of ether oxygens (including phenoxy) is 1. The molecular weight excluding hydrogens is 537 g/mol. The van der Waals surface area contributed by atoms with Crippen molar-refractivity contribution in [2.45, 2.75) is 0 Å². The first-order valence-corrected chi connectivity index (χ1v) is 12.5. The highest BCUT2D eigenvalue weighted by atomic mass is 35.5. The lowest BCUT2D eigenvalue weighted by Gasteiger charge is -2.11. The largest absolute Gasteiger partial charge is 0.422 e. The second-order valence-corrected chi connectivity index (χ2v) is 9.24. The Hall–Kier alpha value is -4.72. The molecule has 5 aromatic carbocycles. The summed E-state index contributed by atoms with van der Waals surface area (Å²) in [6, 6.07) is 28.1. The van der Waals surface area contributed by atoms with Gasteiger partial charge < -0.3 is 10.1 Å². The van der Waals surface area contributed by atoms with Crippen molar-refractivity contribution in [3.8, 4) is 5.75 Å². The van der Waals surface area contributed by atoms with Crippen molar-refractivity contribution < 1.29 is 19.1 Å². The summed E-state index contributed by atoms with van der Waals surface area (Å²) in [5.74, 6) is -2.36. The number of hydrazone groups is 1. The minimum atomic E-state index is -0.967. The van der Waals surface area contributed by atoms with Crippen LogP contribution in [0.3, 0.4) is 0 Å². The van der Waals surface area contributed by atoms with Crippen molar-refractivity contribution in [2.75, 3.05) is 5.32 Å². The lowest BCUT2D eigenvalue weighted by atomic mass is 10.0. The third-order valence-electron chi connectivity index (χ3n) is 5.89. The van der Waals surface area contributed by atoms with Gasteiger partial charge in [-0.15, -0.1) is 0 Å². The van der Waals surface area contributed by atoms with E-state index in [1.54, 1.807) is 24.3 Å². The molecule has 0 aliphatic heterocycles. The van der Waals surface area contributed by atoms with Crippen LogP contribution in [0.2, 0.25) is 10.0 Å². The highest BCUT2D eigenvalue weighted by Gasteiger charge is 2.17. The molecule has 0 atom stereocenters. The molecule has 5 aromatic rings. The van der Waals surface area contributed by atoms with E-state index in [-0.39, 0.29) is 16.3 Å². The number of hydrogen-bond acceptors (Lipinski definition) is 5. The summed E-state index contributed by atoms with van der Waals surface area (Å²) in [5, 5.41) is 10.4. The molecule has 0 aromatic heterocycles. The second kappa shape index (κ2) is 11.3. The Bertz CT molecular complexity index is 1780. The summed E-state index contributed by atoms with van der Waals surface area (Å²) >= 11 is 12.1. The van der Waals surface area contributed by atoms with E-state index in [0.29, 0.717) is 21.7 Å². The molecule has 0 fully saturated rings. The number of hydrogen-bond donors (Lipinski definition) is 2. The zero-order valence-electron chi connectivity index (χ0n) is 20.2. The Morgan fingerprint density at radius 1 is 0.744 bits per heavy atom. The van der Waals surface area contributed by atoms with Gasteiger partial charge in [0.1, 0.15) is 5.75 Å². The standard InChI is InChI=1S/C30H19Cl2N3O4/c31-20-13-14-23(25(32)16-20)30(38)39-27-15-12-19-7-1-3-9-21(19)24(27)17-33-35-29(37)28(36)34-26-11-5-8-18-6-2-4-10-22(18)26/h1-17H,(H,34,36)(H,35,37)/b33-17+. The predicted molar refractivity (Wildman–Crippen MR) is 154 cm³/mol. The van der Waals surface area contributed by atoms with Crippen LogP contribution >= 0.6 is 23.2 Å². The minimum absolute atomic E-state index is 0.135. The lowest BCUT2D eigenvalue weighted by molar-refractivity contribution is -0.136. The van der Waals surface area contributed by atoms with Gasteiger partial charge in [-0.05, 0) is 46.5 Å². The molecule has 0 aliphatic rings. The molecule has 0 saturated carbocycles. The highest BCUT2D eigenvalue weighted by molar-refractivity contribution is 6.40. The summed E-state index contributed by atoms with van der Waals surface area (Å²) in [6.07, 6.45) is 1.32. The van der Waals surface area contributed by atoms with Gasteiger partial charge in [-0.2, -0.15) is 5.10 Å². The minimum Gasteiger partial charge on any atom is -0.422 e. The number of benzene rings is 5. The molecule has 2 N–H and O–H groups in total. The molecule has 0 unspecified atom stereocenters. The molecule has 2 amide bonds. The SMILES string of the molecule is O=C(N/N=C/c1c(OC(=O)c2ccc(Cl)cc2Cl)ccc2ccccc12)C(=O)Nc1cccc2ccccc12. The van der Waals surface area contributed by atoms with Gasteiger partial charge in [-0.3, -0.25) is 9.59 Å². The average molecular weight is 556 g/mol. The van der Waals surface area contributed by atoms with Gasteiger partial charge in [0.2, 0.25) is 0 Å². The second-order valence-electron chi connectivity index (χ2n) is 8.39. The summed E-state index contributed by atoms with van der Waals surface area (Å²) < 4.78 is 5.64. The van der Waals surface area contributed by atoms with Crippen LogP contribution in [0.25, 0.3) is 21.5 Å². The summed E-state index contributed by atoms with van der Waals surface area (Å²) in [5.41, 5.74) is 3.29. The summed E-state index contributed by atoms with van der Waals surface area (Å²) in [6.45, 7) is 0. The normalized spacial score (nSPS) is 11.0. The maximum absolute atomic E-state index is 12.9. The number of amides is 2. The van der Waals surface area contributed by atoms with E-state index < -0.39 is 17.8 Å². The lowest BCUT2D eigenvalue weighted by Crippen LogP contribution is -2.32. The first-order valence-electron chi connectivity index (χ1n) is 11.7. The van der Waals surface area contributed by atoms with E-state index in [1.165, 1.54) is 24.4 Å². The number of fused-ring (bicyclic) bond motifs is 2. The number of nitrogens with one attached hydrogen (secondary N) is 2. The maximum atomic E-state index is 12.9. The molecule has 0 heterocycles. The summed E-state index contributed by atoms with van der Waals surface area (Å²) in [7, 11) is 0. The zero-order valence-corrected chi connectivity index (χ0v) is 21.7. The van der Waals surface area contributed by atoms with Crippen molar-refractivity contribution >= 4 is 74.4 Å². The summed E-state index contributed by atoms with van der Waals surface area (Å²) in [4.78, 5) is 37.9. The third-order valence-corrected chi connectivity index (χ3v) is 6.44. The third kappa shape index (κ3) is 5.75. The van der Waals surface area contributed by atoms with Gasteiger partial charge in [0.05, 0.1) is 16.8 Å². The van der Waals surface area contributed by atoms with Crippen LogP contribution in [-0.2, 0) is 9.59 Å². The van der Waals surface area contributed by atoms with Crippen molar-refractivity contribution in [1.29, 1.82) is 0 Å². The fourth-order valence-corrected chi connectivity index (χ4v) is 4.51. The fourth-order valence-electron chi connectivity index (χ4n) is 4.03. The van der Waals surface area contributed by atoms with Crippen molar-refractivity contribution in [2.24, 2.45) is 5.10 Å². The highest BCUT2D eigenvalue weighted by Crippen LogP contribution is 2.29. The van der Waals surface area contributed by atoms with Gasteiger partial charge in [0, 0.05) is 21.7 Å². The van der Waals surface area contributed by atoms with Crippen LogP contribution in [-0.4, -0.2) is 24.0 Å². The zero-order chi connectivity index (χ0) is 27.4.